The lowest BCUT2D eigenvalue weighted by Gasteiger charge is -2.21. The number of thiocarbonyl (C=S) groups is 1. The predicted molar refractivity (Wildman–Crippen MR) is 75.7 cm³/mol. The Bertz CT molecular complexity index is 272. The molecule has 0 spiro atoms. The molecule has 2 aliphatic rings. The van der Waals surface area contributed by atoms with E-state index in [9.17, 15) is 0 Å². The molecule has 2 fully saturated rings. The van der Waals surface area contributed by atoms with Crippen molar-refractivity contribution in [3.05, 3.63) is 0 Å². The van der Waals surface area contributed by atoms with E-state index in [-0.39, 0.29) is 0 Å². The molecule has 18 heavy (non-hydrogen) atoms. The molecule has 104 valence electrons. The summed E-state index contributed by atoms with van der Waals surface area (Å²) in [6.07, 6.45) is 5.08. The zero-order valence-electron chi connectivity index (χ0n) is 11.1. The summed E-state index contributed by atoms with van der Waals surface area (Å²) in [7, 11) is 0. The van der Waals surface area contributed by atoms with Gasteiger partial charge in [-0.15, -0.1) is 0 Å². The highest BCUT2D eigenvalue weighted by Gasteiger charge is 2.40. The van der Waals surface area contributed by atoms with Gasteiger partial charge < -0.3 is 20.1 Å². The summed E-state index contributed by atoms with van der Waals surface area (Å²) in [5, 5.41) is 7.39. The largest absolute Gasteiger partial charge is 0.382 e. The second kappa shape index (κ2) is 7.26. The highest BCUT2D eigenvalue weighted by Crippen LogP contribution is 2.38. The van der Waals surface area contributed by atoms with Gasteiger partial charge in [-0.3, -0.25) is 0 Å². The van der Waals surface area contributed by atoms with Crippen LogP contribution in [0.15, 0.2) is 0 Å². The molecule has 4 nitrogen and oxygen atoms in total. The summed E-state index contributed by atoms with van der Waals surface area (Å²) < 4.78 is 11.1. The van der Waals surface area contributed by atoms with Crippen molar-refractivity contribution < 1.29 is 9.47 Å². The normalized spacial score (nSPS) is 27.2. The third-order valence-corrected chi connectivity index (χ3v) is 3.76. The minimum absolute atomic E-state index is 0.383. The van der Waals surface area contributed by atoms with Crippen LogP contribution in [0.1, 0.15) is 32.6 Å². The Morgan fingerprint density at radius 3 is 2.94 bits per heavy atom. The molecule has 0 aromatic rings. The van der Waals surface area contributed by atoms with Crippen molar-refractivity contribution in [3.8, 4) is 0 Å². The summed E-state index contributed by atoms with van der Waals surface area (Å²) in [4.78, 5) is 0. The van der Waals surface area contributed by atoms with E-state index in [0.717, 1.165) is 50.2 Å². The Kier molecular flexibility index (Phi) is 5.66. The average molecular weight is 272 g/mol. The highest BCUT2D eigenvalue weighted by atomic mass is 32.1. The molecule has 1 heterocycles. The molecule has 0 amide bonds. The highest BCUT2D eigenvalue weighted by molar-refractivity contribution is 7.80. The second-order valence-corrected chi connectivity index (χ2v) is 5.43. The average Bonchev–Trinajstić information content (AvgIpc) is 3.10. The van der Waals surface area contributed by atoms with Crippen LogP contribution in [0.2, 0.25) is 0 Å². The molecule has 2 rings (SSSR count). The Hall–Kier alpha value is -0.390. The van der Waals surface area contributed by atoms with Crippen LogP contribution in [-0.4, -0.2) is 43.6 Å². The molecule has 1 saturated carbocycles. The van der Waals surface area contributed by atoms with Crippen LogP contribution in [0.25, 0.3) is 0 Å². The first-order chi connectivity index (χ1) is 8.81. The van der Waals surface area contributed by atoms with E-state index in [4.69, 9.17) is 21.7 Å². The van der Waals surface area contributed by atoms with E-state index >= 15 is 0 Å². The van der Waals surface area contributed by atoms with Gasteiger partial charge in [-0.25, -0.2) is 0 Å². The Balaban J connectivity index is 1.58. The summed E-state index contributed by atoms with van der Waals surface area (Å²) in [6.45, 7) is 5.32. The third-order valence-electron chi connectivity index (χ3n) is 3.49. The van der Waals surface area contributed by atoms with E-state index < -0.39 is 0 Å². The van der Waals surface area contributed by atoms with Gasteiger partial charge in [0.1, 0.15) is 0 Å². The quantitative estimate of drug-likeness (QED) is 0.542. The summed E-state index contributed by atoms with van der Waals surface area (Å²) >= 11 is 5.31. The number of hydrogen-bond donors (Lipinski definition) is 2. The molecular formula is C13H24N2O2S. The molecule has 0 radical (unpaired) electrons. The molecule has 0 bridgehead atoms. The van der Waals surface area contributed by atoms with Crippen molar-refractivity contribution in [2.24, 2.45) is 5.92 Å². The maximum Gasteiger partial charge on any atom is 0.166 e. The first kappa shape index (κ1) is 14.0. The van der Waals surface area contributed by atoms with E-state index in [1.165, 1.54) is 12.8 Å². The molecule has 2 atom stereocenters. The lowest BCUT2D eigenvalue weighted by atomic mass is 10.1. The Morgan fingerprint density at radius 1 is 1.39 bits per heavy atom. The van der Waals surface area contributed by atoms with Crippen molar-refractivity contribution in [2.75, 3.05) is 26.4 Å². The molecule has 2 unspecified atom stereocenters. The number of nitrogens with one attached hydrogen (secondary N) is 2. The number of hydrogen-bond acceptors (Lipinski definition) is 3. The van der Waals surface area contributed by atoms with Crippen molar-refractivity contribution in [1.82, 2.24) is 10.6 Å². The van der Waals surface area contributed by atoms with Crippen LogP contribution in [0.5, 0.6) is 0 Å². The Morgan fingerprint density at radius 2 is 2.22 bits per heavy atom. The van der Waals surface area contributed by atoms with Crippen LogP contribution in [0.3, 0.4) is 0 Å². The minimum atomic E-state index is 0.383. The maximum absolute atomic E-state index is 5.78. The fourth-order valence-electron chi connectivity index (χ4n) is 2.40. The maximum atomic E-state index is 5.78. The van der Waals surface area contributed by atoms with Gasteiger partial charge in [-0.2, -0.15) is 0 Å². The lowest BCUT2D eigenvalue weighted by Crippen LogP contribution is -2.46. The first-order valence-electron chi connectivity index (χ1n) is 7.05. The molecule has 1 saturated heterocycles. The van der Waals surface area contributed by atoms with Gasteiger partial charge in [0.2, 0.25) is 0 Å². The van der Waals surface area contributed by atoms with E-state index in [1.807, 2.05) is 6.92 Å². The third kappa shape index (κ3) is 4.37. The van der Waals surface area contributed by atoms with Crippen LogP contribution >= 0.6 is 12.2 Å². The fraction of sp³-hybridized carbons (Fsp3) is 0.923. The van der Waals surface area contributed by atoms with E-state index in [0.29, 0.717) is 12.1 Å². The van der Waals surface area contributed by atoms with Crippen LogP contribution < -0.4 is 10.6 Å². The predicted octanol–water partition coefficient (Wildman–Crippen LogP) is 1.44. The van der Waals surface area contributed by atoms with Crippen LogP contribution in [0.4, 0.5) is 0 Å². The first-order valence-corrected chi connectivity index (χ1v) is 7.45. The van der Waals surface area contributed by atoms with Crippen molar-refractivity contribution in [1.29, 1.82) is 0 Å². The molecule has 0 aromatic heterocycles. The van der Waals surface area contributed by atoms with Crippen LogP contribution in [-0.2, 0) is 9.47 Å². The summed E-state index contributed by atoms with van der Waals surface area (Å²) in [6, 6.07) is 0.407. The summed E-state index contributed by atoms with van der Waals surface area (Å²) in [5.41, 5.74) is 0. The monoisotopic (exact) mass is 272 g/mol. The van der Waals surface area contributed by atoms with Gasteiger partial charge in [0.05, 0.1) is 12.1 Å². The van der Waals surface area contributed by atoms with Gasteiger partial charge >= 0.3 is 0 Å². The molecular weight excluding hydrogens is 248 g/mol. The minimum Gasteiger partial charge on any atom is -0.382 e. The SMILES string of the molecule is CCOCCCNC(=S)NC1CCOC1C1CC1. The molecule has 0 aromatic carbocycles. The second-order valence-electron chi connectivity index (χ2n) is 5.02. The standard InChI is InChI=1S/C13H24N2O2S/c1-2-16-8-3-7-14-13(18)15-11-6-9-17-12(11)10-4-5-10/h10-12H,2-9H2,1H3,(H2,14,15,18). The topological polar surface area (TPSA) is 42.5 Å². The molecule has 2 N–H and O–H groups in total. The molecule has 1 aliphatic carbocycles. The van der Waals surface area contributed by atoms with Crippen molar-refractivity contribution in [2.45, 2.75) is 44.8 Å². The van der Waals surface area contributed by atoms with Gasteiger partial charge in [0, 0.05) is 26.4 Å². The van der Waals surface area contributed by atoms with Crippen molar-refractivity contribution in [3.63, 3.8) is 0 Å². The van der Waals surface area contributed by atoms with E-state index in [2.05, 4.69) is 10.6 Å². The molecule has 1 aliphatic heterocycles. The summed E-state index contributed by atoms with van der Waals surface area (Å²) in [5.74, 6) is 0.769. The molecule has 5 heteroatoms. The zero-order valence-corrected chi connectivity index (χ0v) is 11.9. The zero-order chi connectivity index (χ0) is 12.8. The van der Waals surface area contributed by atoms with Crippen LogP contribution in [0, 0.1) is 5.92 Å². The van der Waals surface area contributed by atoms with Gasteiger partial charge in [0.15, 0.2) is 5.11 Å². The Labute approximate surface area is 115 Å². The van der Waals surface area contributed by atoms with Gasteiger partial charge in [-0.1, -0.05) is 0 Å². The lowest BCUT2D eigenvalue weighted by molar-refractivity contribution is 0.0842. The number of rotatable bonds is 7. The van der Waals surface area contributed by atoms with Gasteiger partial charge in [0.25, 0.3) is 0 Å². The fourth-order valence-corrected chi connectivity index (χ4v) is 2.65. The smallest absolute Gasteiger partial charge is 0.166 e. The van der Waals surface area contributed by atoms with Crippen molar-refractivity contribution >= 4 is 17.3 Å². The van der Waals surface area contributed by atoms with Gasteiger partial charge in [-0.05, 0) is 50.7 Å². The van der Waals surface area contributed by atoms with E-state index in [1.54, 1.807) is 0 Å². The number of ether oxygens (including phenoxy) is 2.